The molecule has 0 aliphatic carbocycles. The number of aliphatic hydroxyl groups is 1. The SMILES string of the molecule is CCC(C)(CCO)NC(=O)Nc1cccc(Cl)c1N(C)C. The van der Waals surface area contributed by atoms with Crippen LogP contribution in [0, 0.1) is 0 Å². The smallest absolute Gasteiger partial charge is 0.319 e. The van der Waals surface area contributed by atoms with Crippen LogP contribution >= 0.6 is 11.6 Å². The monoisotopic (exact) mass is 313 g/mol. The van der Waals surface area contributed by atoms with Crippen molar-refractivity contribution < 1.29 is 9.90 Å². The fourth-order valence-electron chi connectivity index (χ4n) is 2.07. The van der Waals surface area contributed by atoms with Crippen molar-refractivity contribution in [2.24, 2.45) is 0 Å². The van der Waals surface area contributed by atoms with Crippen LogP contribution in [-0.2, 0) is 0 Å². The second-order valence-electron chi connectivity index (χ2n) is 5.50. The van der Waals surface area contributed by atoms with Crippen LogP contribution in [0.4, 0.5) is 16.2 Å². The Labute approximate surface area is 131 Å². The van der Waals surface area contributed by atoms with E-state index in [1.54, 1.807) is 18.2 Å². The van der Waals surface area contributed by atoms with Crippen LogP contribution in [0.2, 0.25) is 5.02 Å². The minimum atomic E-state index is -0.435. The number of halogens is 1. The Hall–Kier alpha value is -1.46. The van der Waals surface area contributed by atoms with Gasteiger partial charge in [0.2, 0.25) is 0 Å². The summed E-state index contributed by atoms with van der Waals surface area (Å²) in [5.41, 5.74) is 0.970. The lowest BCUT2D eigenvalue weighted by atomic mass is 9.95. The molecule has 1 unspecified atom stereocenters. The van der Waals surface area contributed by atoms with Crippen molar-refractivity contribution in [2.75, 3.05) is 30.9 Å². The van der Waals surface area contributed by atoms with Crippen LogP contribution in [0.3, 0.4) is 0 Å². The highest BCUT2D eigenvalue weighted by Crippen LogP contribution is 2.32. The predicted molar refractivity (Wildman–Crippen MR) is 88.3 cm³/mol. The van der Waals surface area contributed by atoms with E-state index in [2.05, 4.69) is 10.6 Å². The largest absolute Gasteiger partial charge is 0.396 e. The lowest BCUT2D eigenvalue weighted by molar-refractivity contribution is 0.208. The number of anilines is 2. The molecule has 0 aromatic heterocycles. The summed E-state index contributed by atoms with van der Waals surface area (Å²) < 4.78 is 0. The van der Waals surface area contributed by atoms with Gasteiger partial charge in [-0.2, -0.15) is 0 Å². The topological polar surface area (TPSA) is 64.6 Å². The summed E-state index contributed by atoms with van der Waals surface area (Å²) in [6.45, 7) is 3.92. The van der Waals surface area contributed by atoms with Crippen LogP contribution in [0.25, 0.3) is 0 Å². The molecule has 2 amide bonds. The fourth-order valence-corrected chi connectivity index (χ4v) is 2.42. The van der Waals surface area contributed by atoms with Gasteiger partial charge >= 0.3 is 6.03 Å². The molecule has 0 bridgehead atoms. The van der Waals surface area contributed by atoms with E-state index >= 15 is 0 Å². The highest BCUT2D eigenvalue weighted by Gasteiger charge is 2.24. The number of urea groups is 1. The number of hydrogen-bond donors (Lipinski definition) is 3. The molecule has 1 aromatic rings. The zero-order valence-corrected chi connectivity index (χ0v) is 13.8. The Morgan fingerprint density at radius 1 is 1.43 bits per heavy atom. The number of nitrogens with zero attached hydrogens (tertiary/aromatic N) is 1. The van der Waals surface area contributed by atoms with E-state index in [9.17, 15) is 4.79 Å². The third kappa shape index (κ3) is 4.79. The summed E-state index contributed by atoms with van der Waals surface area (Å²) in [5, 5.41) is 15.4. The molecule has 0 saturated carbocycles. The lowest BCUT2D eigenvalue weighted by Gasteiger charge is -2.29. The van der Waals surface area contributed by atoms with Crippen LogP contribution in [0.1, 0.15) is 26.7 Å². The summed E-state index contributed by atoms with van der Waals surface area (Å²) in [4.78, 5) is 14.0. The number of para-hydroxylation sites is 1. The normalized spacial score (nSPS) is 13.4. The Morgan fingerprint density at radius 3 is 2.62 bits per heavy atom. The Morgan fingerprint density at radius 2 is 2.10 bits per heavy atom. The van der Waals surface area contributed by atoms with Gasteiger partial charge in [0.05, 0.1) is 16.4 Å². The minimum absolute atomic E-state index is 0.0325. The van der Waals surface area contributed by atoms with Gasteiger partial charge in [-0.15, -0.1) is 0 Å². The number of rotatable bonds is 6. The van der Waals surface area contributed by atoms with E-state index in [1.165, 1.54) is 0 Å². The van der Waals surface area contributed by atoms with Crippen molar-refractivity contribution in [3.63, 3.8) is 0 Å². The van der Waals surface area contributed by atoms with Gasteiger partial charge in [0.1, 0.15) is 0 Å². The number of benzene rings is 1. The summed E-state index contributed by atoms with van der Waals surface area (Å²) in [7, 11) is 3.73. The maximum atomic E-state index is 12.2. The molecule has 0 spiro atoms. The highest BCUT2D eigenvalue weighted by atomic mass is 35.5. The van der Waals surface area contributed by atoms with Crippen LogP contribution in [0.5, 0.6) is 0 Å². The molecule has 0 aliphatic rings. The first-order valence-electron chi connectivity index (χ1n) is 6.99. The summed E-state index contributed by atoms with van der Waals surface area (Å²) in [6.07, 6.45) is 1.24. The molecule has 5 nitrogen and oxygen atoms in total. The fraction of sp³-hybridized carbons (Fsp3) is 0.533. The third-order valence-corrected chi connectivity index (χ3v) is 3.85. The summed E-state index contributed by atoms with van der Waals surface area (Å²) in [6, 6.07) is 5.06. The maximum Gasteiger partial charge on any atom is 0.319 e. The molecule has 1 atom stereocenters. The number of hydrogen-bond acceptors (Lipinski definition) is 3. The first-order chi connectivity index (χ1) is 9.83. The second kappa shape index (κ2) is 7.52. The van der Waals surface area contributed by atoms with Gasteiger partial charge in [-0.3, -0.25) is 0 Å². The lowest BCUT2D eigenvalue weighted by Crippen LogP contribution is -2.48. The molecular weight excluding hydrogens is 290 g/mol. The number of amides is 2. The van der Waals surface area contributed by atoms with Gasteiger partial charge in [-0.05, 0) is 31.9 Å². The van der Waals surface area contributed by atoms with E-state index < -0.39 is 5.54 Å². The zero-order chi connectivity index (χ0) is 16.0. The number of carbonyl (C=O) groups is 1. The maximum absolute atomic E-state index is 12.2. The van der Waals surface area contributed by atoms with E-state index in [-0.39, 0.29) is 12.6 Å². The number of carbonyl (C=O) groups excluding carboxylic acids is 1. The molecule has 3 N–H and O–H groups in total. The Bertz CT molecular complexity index is 494. The van der Waals surface area contributed by atoms with E-state index in [1.807, 2.05) is 32.8 Å². The second-order valence-corrected chi connectivity index (χ2v) is 5.90. The summed E-state index contributed by atoms with van der Waals surface area (Å²) in [5.74, 6) is 0. The van der Waals surface area contributed by atoms with Crippen LogP contribution < -0.4 is 15.5 Å². The summed E-state index contributed by atoms with van der Waals surface area (Å²) >= 11 is 6.17. The van der Waals surface area contributed by atoms with Crippen molar-refractivity contribution in [1.29, 1.82) is 0 Å². The van der Waals surface area contributed by atoms with Gasteiger partial charge < -0.3 is 20.6 Å². The molecule has 0 heterocycles. The zero-order valence-electron chi connectivity index (χ0n) is 13.0. The number of aliphatic hydroxyl groups excluding tert-OH is 1. The molecule has 6 heteroatoms. The van der Waals surface area contributed by atoms with E-state index in [0.29, 0.717) is 17.1 Å². The van der Waals surface area contributed by atoms with Gasteiger partial charge in [0.25, 0.3) is 0 Å². The molecular formula is C15H24ClN3O2. The van der Waals surface area contributed by atoms with E-state index in [0.717, 1.165) is 12.1 Å². The van der Waals surface area contributed by atoms with Gasteiger partial charge in [0, 0.05) is 26.2 Å². The standard InChI is InChI=1S/C15H24ClN3O2/c1-5-15(2,9-10-20)18-14(21)17-12-8-6-7-11(16)13(12)19(3)4/h6-8,20H,5,9-10H2,1-4H3,(H2,17,18,21). The molecule has 0 saturated heterocycles. The first-order valence-corrected chi connectivity index (χ1v) is 7.36. The Kier molecular flexibility index (Phi) is 6.30. The van der Waals surface area contributed by atoms with Crippen molar-refractivity contribution in [2.45, 2.75) is 32.2 Å². The van der Waals surface area contributed by atoms with Gasteiger partial charge in [-0.1, -0.05) is 24.6 Å². The van der Waals surface area contributed by atoms with Crippen molar-refractivity contribution in [3.8, 4) is 0 Å². The van der Waals surface area contributed by atoms with Crippen molar-refractivity contribution in [3.05, 3.63) is 23.2 Å². The van der Waals surface area contributed by atoms with Crippen LogP contribution in [0.15, 0.2) is 18.2 Å². The molecule has 1 aromatic carbocycles. The van der Waals surface area contributed by atoms with Gasteiger partial charge in [0.15, 0.2) is 0 Å². The highest BCUT2D eigenvalue weighted by molar-refractivity contribution is 6.34. The molecule has 0 aliphatic heterocycles. The van der Waals surface area contributed by atoms with Crippen molar-refractivity contribution >= 4 is 29.0 Å². The molecule has 0 fully saturated rings. The van der Waals surface area contributed by atoms with Crippen molar-refractivity contribution in [1.82, 2.24) is 5.32 Å². The van der Waals surface area contributed by atoms with Crippen LogP contribution in [-0.4, -0.2) is 37.4 Å². The third-order valence-electron chi connectivity index (χ3n) is 3.54. The first kappa shape index (κ1) is 17.6. The minimum Gasteiger partial charge on any atom is -0.396 e. The molecule has 118 valence electrons. The number of nitrogens with one attached hydrogen (secondary N) is 2. The molecule has 21 heavy (non-hydrogen) atoms. The molecule has 0 radical (unpaired) electrons. The predicted octanol–water partition coefficient (Wildman–Crippen LogP) is 3.08. The Balaban J connectivity index is 2.87. The van der Waals surface area contributed by atoms with Gasteiger partial charge in [-0.25, -0.2) is 4.79 Å². The average molecular weight is 314 g/mol. The van der Waals surface area contributed by atoms with E-state index in [4.69, 9.17) is 16.7 Å². The quantitative estimate of drug-likeness (QED) is 0.756. The molecule has 1 rings (SSSR count). The average Bonchev–Trinajstić information content (AvgIpc) is 2.38.